The Bertz CT molecular complexity index is 1210. The van der Waals surface area contributed by atoms with Gasteiger partial charge in [-0.15, -0.1) is 0 Å². The topological polar surface area (TPSA) is 214 Å². The molecule has 1 aliphatic carbocycles. The molecule has 0 saturated heterocycles. The van der Waals surface area contributed by atoms with E-state index in [9.17, 15) is 50.4 Å². The number of carboxylic acids is 1. The van der Waals surface area contributed by atoms with E-state index in [2.05, 4.69) is 0 Å². The normalized spacial score (nSPS) is 24.8. The average Bonchev–Trinajstić information content (AvgIpc) is 2.82. The quantitative estimate of drug-likeness (QED) is 0.106. The van der Waals surface area contributed by atoms with Gasteiger partial charge in [-0.05, 0) is 47.5 Å². The Labute approximate surface area is 210 Å². The molecule has 0 bridgehead atoms. The molecule has 8 N–H and O–H groups in total. The summed E-state index contributed by atoms with van der Waals surface area (Å²) in [6.07, 6.45) is -2.90. The number of rotatable bonds is 8. The maximum Gasteiger partial charge on any atom is 0.335 e. The Hall–Kier alpha value is -4.10. The molecule has 1 fully saturated rings. The molecule has 3 rings (SSSR count). The number of phenols is 4. The van der Waals surface area contributed by atoms with Gasteiger partial charge in [0.05, 0.1) is 6.10 Å². The fraction of sp³-hybridized carbons (Fsp3) is 0.280. The Kier molecular flexibility index (Phi) is 8.40. The number of carbonyl (C=O) groups is 2. The fourth-order valence-electron chi connectivity index (χ4n) is 3.74. The van der Waals surface area contributed by atoms with Gasteiger partial charge in [0.1, 0.15) is 12.2 Å². The van der Waals surface area contributed by atoms with Gasteiger partial charge < -0.3 is 50.3 Å². The van der Waals surface area contributed by atoms with Crippen LogP contribution >= 0.6 is 0 Å². The van der Waals surface area contributed by atoms with Gasteiger partial charge in [-0.1, -0.05) is 18.2 Å². The summed E-state index contributed by atoms with van der Waals surface area (Å²) in [6.45, 7) is 0. The van der Waals surface area contributed by atoms with E-state index in [1.807, 2.05) is 0 Å². The monoisotopic (exact) mass is 518 g/mol. The molecule has 1 aliphatic rings. The van der Waals surface area contributed by atoms with Gasteiger partial charge >= 0.3 is 11.9 Å². The summed E-state index contributed by atoms with van der Waals surface area (Å²) in [6, 6.07) is 7.65. The summed E-state index contributed by atoms with van der Waals surface area (Å²) in [5.41, 5.74) is -1.72. The third-order valence-corrected chi connectivity index (χ3v) is 5.66. The van der Waals surface area contributed by atoms with E-state index in [4.69, 9.17) is 9.47 Å². The van der Waals surface area contributed by atoms with Crippen LogP contribution in [0.1, 0.15) is 24.0 Å². The number of benzene rings is 2. The van der Waals surface area contributed by atoms with Crippen molar-refractivity contribution < 1.29 is 59.9 Å². The Balaban J connectivity index is 1.75. The van der Waals surface area contributed by atoms with Crippen LogP contribution in [0.25, 0.3) is 12.2 Å². The smallest absolute Gasteiger partial charge is 0.335 e. The molecule has 198 valence electrons. The van der Waals surface area contributed by atoms with Crippen molar-refractivity contribution in [3.63, 3.8) is 0 Å². The second-order valence-electron chi connectivity index (χ2n) is 8.47. The first-order valence-electron chi connectivity index (χ1n) is 11.0. The molecule has 2 aromatic rings. The van der Waals surface area contributed by atoms with Crippen LogP contribution in [0.3, 0.4) is 0 Å². The number of hydrogen-bond acceptors (Lipinski definition) is 11. The molecule has 5 atom stereocenters. The largest absolute Gasteiger partial charge is 0.504 e. The third-order valence-electron chi connectivity index (χ3n) is 5.66. The molecule has 0 radical (unpaired) electrons. The second kappa shape index (κ2) is 11.3. The molecule has 12 heteroatoms. The SMILES string of the molecule is O=C(/C=C/c1ccc(O)c(O)c1)O[C@@H]1C[C@@](O)(C(=O)O)C[C@@H](O)[C@@H]1OC(O)/C=C/c1ccc(O)c(O)c1. The first-order valence-corrected chi connectivity index (χ1v) is 11.0. The number of carbonyl (C=O) groups excluding carboxylic acids is 1. The number of aliphatic carboxylic acids is 1. The molecule has 12 nitrogen and oxygen atoms in total. The van der Waals surface area contributed by atoms with Crippen LogP contribution in [-0.4, -0.2) is 83.0 Å². The van der Waals surface area contributed by atoms with E-state index in [-0.39, 0.29) is 11.5 Å². The van der Waals surface area contributed by atoms with Crippen molar-refractivity contribution >= 4 is 24.1 Å². The van der Waals surface area contributed by atoms with E-state index in [0.717, 1.165) is 12.2 Å². The summed E-state index contributed by atoms with van der Waals surface area (Å²) < 4.78 is 10.6. The predicted octanol–water partition coefficient (Wildman–Crippen LogP) is 0.821. The molecular weight excluding hydrogens is 492 g/mol. The van der Waals surface area contributed by atoms with Crippen molar-refractivity contribution in [1.29, 1.82) is 0 Å². The van der Waals surface area contributed by atoms with Crippen LogP contribution in [0.2, 0.25) is 0 Å². The summed E-state index contributed by atoms with van der Waals surface area (Å²) >= 11 is 0. The lowest BCUT2D eigenvalue weighted by atomic mass is 9.79. The zero-order valence-corrected chi connectivity index (χ0v) is 19.2. The van der Waals surface area contributed by atoms with Crippen molar-refractivity contribution in [2.24, 2.45) is 0 Å². The maximum absolute atomic E-state index is 12.4. The molecule has 0 aliphatic heterocycles. The summed E-state index contributed by atoms with van der Waals surface area (Å²) in [5, 5.41) is 78.4. The first-order chi connectivity index (χ1) is 17.4. The zero-order chi connectivity index (χ0) is 27.3. The van der Waals surface area contributed by atoms with Gasteiger partial charge in [-0.3, -0.25) is 0 Å². The van der Waals surface area contributed by atoms with Crippen LogP contribution < -0.4 is 0 Å². The highest BCUT2D eigenvalue weighted by Gasteiger charge is 2.51. The number of hydrogen-bond donors (Lipinski definition) is 8. The fourth-order valence-corrected chi connectivity index (χ4v) is 3.74. The molecule has 37 heavy (non-hydrogen) atoms. The highest BCUT2D eigenvalue weighted by atomic mass is 16.6. The lowest BCUT2D eigenvalue weighted by Gasteiger charge is -2.41. The molecule has 0 heterocycles. The number of aliphatic hydroxyl groups is 3. The molecule has 0 spiro atoms. The minimum absolute atomic E-state index is 0.326. The van der Waals surface area contributed by atoms with Crippen LogP contribution in [0, 0.1) is 0 Å². The molecule has 0 amide bonds. The lowest BCUT2D eigenvalue weighted by Crippen LogP contribution is -2.58. The number of carboxylic acid groups (broad SMARTS) is 1. The van der Waals surface area contributed by atoms with Gasteiger partial charge in [0.25, 0.3) is 0 Å². The highest BCUT2D eigenvalue weighted by Crippen LogP contribution is 2.34. The van der Waals surface area contributed by atoms with E-state index in [1.165, 1.54) is 48.6 Å². The lowest BCUT2D eigenvalue weighted by molar-refractivity contribution is -0.227. The molecule has 0 aromatic heterocycles. The van der Waals surface area contributed by atoms with E-state index in [1.54, 1.807) is 0 Å². The number of ether oxygens (including phenoxy) is 2. The molecule has 2 aromatic carbocycles. The van der Waals surface area contributed by atoms with E-state index < -0.39 is 66.5 Å². The van der Waals surface area contributed by atoms with Crippen LogP contribution in [0.4, 0.5) is 0 Å². The highest BCUT2D eigenvalue weighted by molar-refractivity contribution is 5.87. The minimum Gasteiger partial charge on any atom is -0.504 e. The number of phenolic OH excluding ortho intramolecular Hbond substituents is 4. The van der Waals surface area contributed by atoms with Crippen molar-refractivity contribution in [3.8, 4) is 23.0 Å². The van der Waals surface area contributed by atoms with Crippen LogP contribution in [0.15, 0.2) is 48.6 Å². The summed E-state index contributed by atoms with van der Waals surface area (Å²) in [5.74, 6) is -4.16. The Morgan fingerprint density at radius 2 is 1.49 bits per heavy atom. The van der Waals surface area contributed by atoms with Crippen molar-refractivity contribution in [2.75, 3.05) is 0 Å². The van der Waals surface area contributed by atoms with Gasteiger partial charge in [0, 0.05) is 18.9 Å². The van der Waals surface area contributed by atoms with Crippen molar-refractivity contribution in [2.45, 2.75) is 43.0 Å². The van der Waals surface area contributed by atoms with Crippen LogP contribution in [0.5, 0.6) is 23.0 Å². The van der Waals surface area contributed by atoms with Crippen molar-refractivity contribution in [3.05, 3.63) is 59.7 Å². The van der Waals surface area contributed by atoms with Crippen LogP contribution in [-0.2, 0) is 19.1 Å². The third kappa shape index (κ3) is 6.98. The summed E-state index contributed by atoms with van der Waals surface area (Å²) in [4.78, 5) is 24.0. The number of aliphatic hydroxyl groups excluding tert-OH is 2. The second-order valence-corrected chi connectivity index (χ2v) is 8.47. The van der Waals surface area contributed by atoms with Gasteiger partial charge in [0.15, 0.2) is 34.9 Å². The van der Waals surface area contributed by atoms with E-state index >= 15 is 0 Å². The van der Waals surface area contributed by atoms with E-state index in [0.29, 0.717) is 11.1 Å². The number of esters is 1. The summed E-state index contributed by atoms with van der Waals surface area (Å²) in [7, 11) is 0. The molecule has 1 saturated carbocycles. The maximum atomic E-state index is 12.4. The minimum atomic E-state index is -2.43. The van der Waals surface area contributed by atoms with Gasteiger partial charge in [-0.25, -0.2) is 9.59 Å². The standard InChI is InChI=1S/C25H26O12/c26-15-5-1-13(9-17(15)28)3-7-21(31)36-20-12-25(35,24(33)34)11-19(30)23(20)37-22(32)8-4-14-2-6-16(27)18(29)10-14/h1-10,19-20,22-23,26-30,32,35H,11-12H2,(H,33,34)/b7-3+,8-4+/t19-,20-,22?,23+,25-/m1/s1. The zero-order valence-electron chi connectivity index (χ0n) is 19.2. The Morgan fingerprint density at radius 3 is 2.03 bits per heavy atom. The average molecular weight is 518 g/mol. The Morgan fingerprint density at radius 1 is 0.919 bits per heavy atom. The first kappa shape index (κ1) is 27.5. The van der Waals surface area contributed by atoms with Gasteiger partial charge in [-0.2, -0.15) is 0 Å². The molecule has 1 unspecified atom stereocenters. The van der Waals surface area contributed by atoms with Crippen molar-refractivity contribution in [1.82, 2.24) is 0 Å². The number of aromatic hydroxyl groups is 4. The molecular formula is C25H26O12. The van der Waals surface area contributed by atoms with Gasteiger partial charge in [0.2, 0.25) is 0 Å². The predicted molar refractivity (Wildman–Crippen MR) is 126 cm³/mol.